The summed E-state index contributed by atoms with van der Waals surface area (Å²) >= 11 is 1.25. The van der Waals surface area contributed by atoms with Gasteiger partial charge in [-0.1, -0.05) is 25.0 Å². The summed E-state index contributed by atoms with van der Waals surface area (Å²) < 4.78 is 0. The molecule has 0 unspecified atom stereocenters. The van der Waals surface area contributed by atoms with Gasteiger partial charge < -0.3 is 15.1 Å². The molecule has 154 valence electrons. The van der Waals surface area contributed by atoms with E-state index in [1.54, 1.807) is 5.38 Å². The van der Waals surface area contributed by atoms with Crippen molar-refractivity contribution < 1.29 is 9.59 Å². The van der Waals surface area contributed by atoms with Crippen molar-refractivity contribution in [2.24, 2.45) is 0 Å². The third kappa shape index (κ3) is 4.45. The minimum absolute atomic E-state index is 0.0817. The zero-order chi connectivity index (χ0) is 20.4. The Morgan fingerprint density at radius 3 is 2.55 bits per heavy atom. The van der Waals surface area contributed by atoms with Crippen LogP contribution < -0.4 is 10.2 Å². The number of anilines is 1. The van der Waals surface area contributed by atoms with E-state index < -0.39 is 0 Å². The summed E-state index contributed by atoms with van der Waals surface area (Å²) in [5, 5.41) is 5.13. The molecule has 7 heteroatoms. The van der Waals surface area contributed by atoms with Crippen LogP contribution in [0.2, 0.25) is 0 Å². The fourth-order valence-electron chi connectivity index (χ4n) is 4.17. The number of amides is 2. The number of thiazole rings is 1. The van der Waals surface area contributed by atoms with Crippen LogP contribution in [0.5, 0.6) is 0 Å². The van der Waals surface area contributed by atoms with Gasteiger partial charge in [0.25, 0.3) is 11.8 Å². The van der Waals surface area contributed by atoms with Gasteiger partial charge >= 0.3 is 0 Å². The average molecular weight is 413 g/mol. The van der Waals surface area contributed by atoms with Crippen LogP contribution in [-0.4, -0.2) is 53.9 Å². The molecule has 0 atom stereocenters. The van der Waals surface area contributed by atoms with Gasteiger partial charge in [-0.3, -0.25) is 9.59 Å². The Kier molecular flexibility index (Phi) is 5.85. The number of aromatic nitrogens is 1. The molecule has 2 fully saturated rings. The maximum atomic E-state index is 12.9. The Hall–Kier alpha value is -2.41. The lowest BCUT2D eigenvalue weighted by Gasteiger charge is -2.36. The number of benzene rings is 1. The average Bonchev–Trinajstić information content (AvgIpc) is 3.41. The molecule has 1 aromatic heterocycles. The van der Waals surface area contributed by atoms with E-state index in [9.17, 15) is 9.59 Å². The van der Waals surface area contributed by atoms with Crippen molar-refractivity contribution in [2.45, 2.75) is 45.6 Å². The smallest absolute Gasteiger partial charge is 0.280 e. The highest BCUT2D eigenvalue weighted by atomic mass is 32.1. The lowest BCUT2D eigenvalue weighted by Crippen LogP contribution is -2.49. The molecule has 2 heterocycles. The van der Waals surface area contributed by atoms with Crippen molar-refractivity contribution >= 4 is 28.8 Å². The fraction of sp³-hybridized carbons (Fsp3) is 0.500. The number of hydrogen-bond acceptors (Lipinski definition) is 5. The third-order valence-corrected chi connectivity index (χ3v) is 6.72. The highest BCUT2D eigenvalue weighted by Gasteiger charge is 2.26. The Labute approximate surface area is 175 Å². The van der Waals surface area contributed by atoms with Crippen LogP contribution in [0.3, 0.4) is 0 Å². The van der Waals surface area contributed by atoms with Crippen molar-refractivity contribution in [2.75, 3.05) is 31.1 Å². The minimum atomic E-state index is -0.152. The Balaban J connectivity index is 1.35. The Morgan fingerprint density at radius 2 is 1.83 bits per heavy atom. The third-order valence-electron chi connectivity index (χ3n) is 5.88. The molecule has 6 nitrogen and oxygen atoms in total. The number of nitrogens with zero attached hydrogens (tertiary/aromatic N) is 3. The second-order valence-corrected chi connectivity index (χ2v) is 8.92. The predicted octanol–water partition coefficient (Wildman–Crippen LogP) is 3.39. The van der Waals surface area contributed by atoms with Crippen LogP contribution in [0.1, 0.15) is 57.1 Å². The van der Waals surface area contributed by atoms with Crippen LogP contribution in [-0.2, 0) is 0 Å². The van der Waals surface area contributed by atoms with Crippen LogP contribution >= 0.6 is 11.3 Å². The lowest BCUT2D eigenvalue weighted by atomic mass is 10.1. The summed E-state index contributed by atoms with van der Waals surface area (Å²) in [7, 11) is 0. The topological polar surface area (TPSA) is 65.5 Å². The first kappa shape index (κ1) is 19.9. The maximum Gasteiger partial charge on any atom is 0.280 e. The SMILES string of the molecule is Cc1ccc(C)c(N2CCN(C(=O)c3csc(C(=O)NC4CCCC4)n3)CC2)c1. The van der Waals surface area contributed by atoms with Gasteiger partial charge in [0.1, 0.15) is 5.69 Å². The minimum Gasteiger partial charge on any atom is -0.368 e. The molecule has 0 bridgehead atoms. The standard InChI is InChI=1S/C22H28N4O2S/c1-15-7-8-16(2)19(13-15)25-9-11-26(12-10-25)22(28)18-14-29-21(24-18)20(27)23-17-5-3-4-6-17/h7-8,13-14,17H,3-6,9-12H2,1-2H3,(H,23,27). The van der Waals surface area contributed by atoms with Gasteiger partial charge in [-0.05, 0) is 43.9 Å². The largest absolute Gasteiger partial charge is 0.368 e. The maximum absolute atomic E-state index is 12.9. The van der Waals surface area contributed by atoms with Crippen molar-refractivity contribution in [3.05, 3.63) is 45.4 Å². The lowest BCUT2D eigenvalue weighted by molar-refractivity contribution is 0.0741. The van der Waals surface area contributed by atoms with Gasteiger partial charge in [-0.15, -0.1) is 11.3 Å². The highest BCUT2D eigenvalue weighted by molar-refractivity contribution is 7.11. The summed E-state index contributed by atoms with van der Waals surface area (Å²) in [4.78, 5) is 33.8. The van der Waals surface area contributed by atoms with Gasteiger partial charge in [0.05, 0.1) is 0 Å². The fourth-order valence-corrected chi connectivity index (χ4v) is 4.86. The Morgan fingerprint density at radius 1 is 1.10 bits per heavy atom. The van der Waals surface area contributed by atoms with Gasteiger partial charge in [-0.2, -0.15) is 0 Å². The summed E-state index contributed by atoms with van der Waals surface area (Å²) in [5.41, 5.74) is 4.13. The molecule has 1 N–H and O–H groups in total. The molecular formula is C22H28N4O2S. The molecule has 2 aromatic rings. The quantitative estimate of drug-likeness (QED) is 0.836. The van der Waals surface area contributed by atoms with Gasteiger partial charge in [0, 0.05) is 43.3 Å². The normalized spacial score (nSPS) is 17.6. The summed E-state index contributed by atoms with van der Waals surface area (Å²) in [6.07, 6.45) is 4.41. The molecule has 2 aliphatic rings. The molecule has 0 radical (unpaired) electrons. The van der Waals surface area contributed by atoms with Crippen LogP contribution in [0.15, 0.2) is 23.6 Å². The summed E-state index contributed by atoms with van der Waals surface area (Å²) in [5.74, 6) is -0.234. The molecule has 4 rings (SSSR count). The molecular weight excluding hydrogens is 384 g/mol. The van der Waals surface area contributed by atoms with E-state index in [-0.39, 0.29) is 17.9 Å². The first-order valence-electron chi connectivity index (χ1n) is 10.4. The number of piperazine rings is 1. The van der Waals surface area contributed by atoms with Crippen molar-refractivity contribution in [1.29, 1.82) is 0 Å². The summed E-state index contributed by atoms with van der Waals surface area (Å²) in [6, 6.07) is 6.74. The van der Waals surface area contributed by atoms with Crippen LogP contribution in [0, 0.1) is 13.8 Å². The number of rotatable bonds is 4. The van der Waals surface area contributed by atoms with Gasteiger partial charge in [-0.25, -0.2) is 4.98 Å². The number of carbonyl (C=O) groups is 2. The highest BCUT2D eigenvalue weighted by Crippen LogP contribution is 2.24. The van der Waals surface area contributed by atoms with E-state index in [2.05, 4.69) is 47.2 Å². The second-order valence-electron chi connectivity index (χ2n) is 8.06. The van der Waals surface area contributed by atoms with Crippen LogP contribution in [0.4, 0.5) is 5.69 Å². The first-order chi connectivity index (χ1) is 14.0. The monoisotopic (exact) mass is 412 g/mol. The predicted molar refractivity (Wildman–Crippen MR) is 116 cm³/mol. The van der Waals surface area contributed by atoms with Crippen molar-refractivity contribution in [3.63, 3.8) is 0 Å². The molecule has 1 aliphatic carbocycles. The van der Waals surface area contributed by atoms with E-state index in [4.69, 9.17) is 0 Å². The van der Waals surface area contributed by atoms with Crippen LogP contribution in [0.25, 0.3) is 0 Å². The number of hydrogen-bond donors (Lipinski definition) is 1. The second kappa shape index (κ2) is 8.53. The molecule has 2 amide bonds. The Bertz CT molecular complexity index is 896. The zero-order valence-electron chi connectivity index (χ0n) is 17.1. The molecule has 1 saturated heterocycles. The van der Waals surface area contributed by atoms with E-state index in [0.29, 0.717) is 23.8 Å². The molecule has 0 spiro atoms. The van der Waals surface area contributed by atoms with Crippen molar-refractivity contribution in [3.8, 4) is 0 Å². The molecule has 1 aliphatic heterocycles. The first-order valence-corrected chi connectivity index (χ1v) is 11.3. The van der Waals surface area contributed by atoms with Crippen molar-refractivity contribution in [1.82, 2.24) is 15.2 Å². The summed E-state index contributed by atoms with van der Waals surface area (Å²) in [6.45, 7) is 7.15. The number of aryl methyl sites for hydroxylation is 2. The van der Waals surface area contributed by atoms with E-state index in [0.717, 1.165) is 25.9 Å². The zero-order valence-corrected chi connectivity index (χ0v) is 17.9. The van der Waals surface area contributed by atoms with Gasteiger partial charge in [0.15, 0.2) is 5.01 Å². The number of nitrogens with one attached hydrogen (secondary N) is 1. The molecule has 1 saturated carbocycles. The number of carbonyl (C=O) groups excluding carboxylic acids is 2. The van der Waals surface area contributed by atoms with E-state index in [1.807, 2.05) is 4.90 Å². The van der Waals surface area contributed by atoms with E-state index in [1.165, 1.54) is 41.0 Å². The van der Waals surface area contributed by atoms with Gasteiger partial charge in [0.2, 0.25) is 0 Å². The molecule has 1 aromatic carbocycles. The molecule has 29 heavy (non-hydrogen) atoms. The van der Waals surface area contributed by atoms with E-state index >= 15 is 0 Å².